The minimum absolute atomic E-state index is 0.295. The number of aryl methyl sites for hydroxylation is 2. The average molecular weight is 233 g/mol. The highest BCUT2D eigenvalue weighted by Gasteiger charge is 1.98. The SMILES string of the molecule is Cc1cc(NCCCn2ccnn2)nc(N)n1. The lowest BCUT2D eigenvalue weighted by molar-refractivity contribution is 0.569. The van der Waals surface area contributed by atoms with Gasteiger partial charge in [0.1, 0.15) is 5.82 Å². The van der Waals surface area contributed by atoms with E-state index >= 15 is 0 Å². The second kappa shape index (κ2) is 5.24. The number of nitrogen functional groups attached to an aromatic ring is 1. The fraction of sp³-hybridized carbons (Fsp3) is 0.400. The van der Waals surface area contributed by atoms with Crippen molar-refractivity contribution in [1.29, 1.82) is 0 Å². The van der Waals surface area contributed by atoms with Crippen LogP contribution >= 0.6 is 0 Å². The summed E-state index contributed by atoms with van der Waals surface area (Å²) in [5, 5.41) is 10.8. The molecule has 0 aliphatic rings. The lowest BCUT2D eigenvalue weighted by Crippen LogP contribution is -2.09. The molecule has 2 heterocycles. The van der Waals surface area contributed by atoms with Crippen molar-refractivity contribution in [3.05, 3.63) is 24.2 Å². The summed E-state index contributed by atoms with van der Waals surface area (Å²) in [7, 11) is 0. The van der Waals surface area contributed by atoms with Crippen molar-refractivity contribution in [3.8, 4) is 0 Å². The van der Waals surface area contributed by atoms with Gasteiger partial charge in [0.2, 0.25) is 5.95 Å². The number of nitrogens with one attached hydrogen (secondary N) is 1. The third kappa shape index (κ3) is 3.40. The number of aromatic nitrogens is 5. The van der Waals surface area contributed by atoms with Crippen molar-refractivity contribution in [2.45, 2.75) is 19.9 Å². The summed E-state index contributed by atoms with van der Waals surface area (Å²) < 4.78 is 1.79. The molecule has 0 fully saturated rings. The van der Waals surface area contributed by atoms with Crippen LogP contribution in [0.15, 0.2) is 18.5 Å². The van der Waals surface area contributed by atoms with Gasteiger partial charge in [-0.25, -0.2) is 4.98 Å². The molecule has 0 amide bonds. The molecule has 0 radical (unpaired) electrons. The standard InChI is InChI=1S/C10H15N7/c1-8-7-9(15-10(11)14-8)12-3-2-5-17-6-4-13-16-17/h4,6-7H,2-3,5H2,1H3,(H3,11,12,14,15). The summed E-state index contributed by atoms with van der Waals surface area (Å²) in [6.45, 7) is 3.51. The zero-order valence-electron chi connectivity index (χ0n) is 9.67. The molecule has 0 unspecified atom stereocenters. The van der Waals surface area contributed by atoms with E-state index in [0.717, 1.165) is 31.0 Å². The summed E-state index contributed by atoms with van der Waals surface area (Å²) in [5.41, 5.74) is 6.41. The molecule has 2 rings (SSSR count). The molecule has 3 N–H and O–H groups in total. The third-order valence-electron chi connectivity index (χ3n) is 2.21. The Hall–Kier alpha value is -2.18. The Morgan fingerprint density at radius 1 is 1.41 bits per heavy atom. The van der Waals surface area contributed by atoms with Gasteiger partial charge in [0, 0.05) is 31.0 Å². The number of hydrogen-bond donors (Lipinski definition) is 2. The summed E-state index contributed by atoms with van der Waals surface area (Å²) in [5.74, 6) is 1.05. The monoisotopic (exact) mass is 233 g/mol. The van der Waals surface area contributed by atoms with Crippen LogP contribution in [0.2, 0.25) is 0 Å². The highest BCUT2D eigenvalue weighted by atomic mass is 15.4. The predicted molar refractivity (Wildman–Crippen MR) is 64.3 cm³/mol. The molecular weight excluding hydrogens is 218 g/mol. The second-order valence-electron chi connectivity index (χ2n) is 3.70. The van der Waals surface area contributed by atoms with Crippen LogP contribution in [0.1, 0.15) is 12.1 Å². The van der Waals surface area contributed by atoms with Crippen molar-refractivity contribution in [2.75, 3.05) is 17.6 Å². The molecule has 7 heteroatoms. The first-order chi connectivity index (χ1) is 8.24. The van der Waals surface area contributed by atoms with E-state index in [9.17, 15) is 0 Å². The van der Waals surface area contributed by atoms with Gasteiger partial charge in [0.15, 0.2) is 0 Å². The minimum atomic E-state index is 0.295. The number of anilines is 2. The molecule has 0 saturated heterocycles. The minimum Gasteiger partial charge on any atom is -0.370 e. The van der Waals surface area contributed by atoms with Crippen molar-refractivity contribution >= 4 is 11.8 Å². The Morgan fingerprint density at radius 3 is 3.00 bits per heavy atom. The molecule has 0 spiro atoms. The van der Waals surface area contributed by atoms with Crippen molar-refractivity contribution in [3.63, 3.8) is 0 Å². The van der Waals surface area contributed by atoms with E-state index < -0.39 is 0 Å². The van der Waals surface area contributed by atoms with Gasteiger partial charge in [-0.1, -0.05) is 5.21 Å². The molecule has 0 aliphatic heterocycles. The van der Waals surface area contributed by atoms with Crippen molar-refractivity contribution < 1.29 is 0 Å². The fourth-order valence-electron chi connectivity index (χ4n) is 1.49. The van der Waals surface area contributed by atoms with Gasteiger partial charge >= 0.3 is 0 Å². The molecule has 2 aromatic heterocycles. The maximum atomic E-state index is 5.56. The van der Waals surface area contributed by atoms with Gasteiger partial charge in [-0.3, -0.25) is 4.68 Å². The maximum absolute atomic E-state index is 5.56. The van der Waals surface area contributed by atoms with Crippen LogP contribution in [0.25, 0.3) is 0 Å². The van der Waals surface area contributed by atoms with Gasteiger partial charge in [-0.15, -0.1) is 5.10 Å². The predicted octanol–water partition coefficient (Wildman–Crippen LogP) is 0.461. The van der Waals surface area contributed by atoms with E-state index in [1.54, 1.807) is 10.9 Å². The Labute approximate surface area is 99.1 Å². The smallest absolute Gasteiger partial charge is 0.222 e. The van der Waals surface area contributed by atoms with Gasteiger partial charge in [-0.2, -0.15) is 4.98 Å². The normalized spacial score (nSPS) is 10.4. The van der Waals surface area contributed by atoms with E-state index in [1.165, 1.54) is 0 Å². The Morgan fingerprint density at radius 2 is 2.29 bits per heavy atom. The summed E-state index contributed by atoms with van der Waals surface area (Å²) in [6.07, 6.45) is 4.45. The first-order valence-corrected chi connectivity index (χ1v) is 5.43. The zero-order valence-corrected chi connectivity index (χ0v) is 9.67. The highest BCUT2D eigenvalue weighted by molar-refractivity contribution is 5.39. The molecule has 7 nitrogen and oxygen atoms in total. The molecule has 0 aliphatic carbocycles. The van der Waals surface area contributed by atoms with Crippen LogP contribution in [0.5, 0.6) is 0 Å². The maximum Gasteiger partial charge on any atom is 0.222 e. The zero-order chi connectivity index (χ0) is 12.1. The van der Waals surface area contributed by atoms with Crippen LogP contribution in [0.3, 0.4) is 0 Å². The van der Waals surface area contributed by atoms with E-state index in [-0.39, 0.29) is 0 Å². The first kappa shape index (κ1) is 11.3. The van der Waals surface area contributed by atoms with Crippen molar-refractivity contribution in [2.24, 2.45) is 0 Å². The third-order valence-corrected chi connectivity index (χ3v) is 2.21. The molecular formula is C10H15N7. The van der Waals surface area contributed by atoms with Crippen molar-refractivity contribution in [1.82, 2.24) is 25.0 Å². The lowest BCUT2D eigenvalue weighted by atomic mass is 10.4. The quantitative estimate of drug-likeness (QED) is 0.728. The van der Waals surface area contributed by atoms with Gasteiger partial charge in [0.05, 0.1) is 6.20 Å². The van der Waals surface area contributed by atoms with Gasteiger partial charge in [-0.05, 0) is 13.3 Å². The van der Waals surface area contributed by atoms with Crippen LogP contribution in [0, 0.1) is 6.92 Å². The largest absolute Gasteiger partial charge is 0.370 e. The average Bonchev–Trinajstić information content (AvgIpc) is 2.76. The summed E-state index contributed by atoms with van der Waals surface area (Å²) in [4.78, 5) is 8.10. The van der Waals surface area contributed by atoms with E-state index in [4.69, 9.17) is 5.73 Å². The first-order valence-electron chi connectivity index (χ1n) is 5.43. The molecule has 0 saturated carbocycles. The molecule has 0 atom stereocenters. The molecule has 0 bridgehead atoms. The van der Waals surface area contributed by atoms with E-state index in [0.29, 0.717) is 5.95 Å². The van der Waals surface area contributed by atoms with E-state index in [1.807, 2.05) is 19.2 Å². The number of rotatable bonds is 5. The molecule has 17 heavy (non-hydrogen) atoms. The van der Waals surface area contributed by atoms with Crippen LogP contribution in [-0.4, -0.2) is 31.5 Å². The summed E-state index contributed by atoms with van der Waals surface area (Å²) in [6, 6.07) is 1.87. The number of nitrogens with two attached hydrogens (primary N) is 1. The Kier molecular flexibility index (Phi) is 3.49. The van der Waals surface area contributed by atoms with Crippen LogP contribution in [0.4, 0.5) is 11.8 Å². The number of nitrogens with zero attached hydrogens (tertiary/aromatic N) is 5. The molecule has 2 aromatic rings. The second-order valence-corrected chi connectivity index (χ2v) is 3.70. The number of hydrogen-bond acceptors (Lipinski definition) is 6. The molecule has 90 valence electrons. The Balaban J connectivity index is 1.78. The van der Waals surface area contributed by atoms with Gasteiger partial charge in [0.25, 0.3) is 0 Å². The lowest BCUT2D eigenvalue weighted by Gasteiger charge is -2.06. The van der Waals surface area contributed by atoms with Gasteiger partial charge < -0.3 is 11.1 Å². The Bertz CT molecular complexity index is 445. The summed E-state index contributed by atoms with van der Waals surface area (Å²) >= 11 is 0. The highest BCUT2D eigenvalue weighted by Crippen LogP contribution is 2.06. The molecule has 0 aromatic carbocycles. The van der Waals surface area contributed by atoms with E-state index in [2.05, 4.69) is 25.6 Å². The topological polar surface area (TPSA) is 94.5 Å². The van der Waals surface area contributed by atoms with Crippen LogP contribution in [-0.2, 0) is 6.54 Å². The van der Waals surface area contributed by atoms with Crippen LogP contribution < -0.4 is 11.1 Å². The fourth-order valence-corrected chi connectivity index (χ4v) is 1.49.